The van der Waals surface area contributed by atoms with Crippen LogP contribution in [0.5, 0.6) is 0 Å². The number of hydrogen-bond donors (Lipinski definition) is 0. The third-order valence-corrected chi connectivity index (χ3v) is 12.4. The summed E-state index contributed by atoms with van der Waals surface area (Å²) in [6.45, 7) is 2.38. The van der Waals surface area contributed by atoms with E-state index in [-0.39, 0.29) is 6.04 Å². The molecule has 42 heavy (non-hydrogen) atoms. The van der Waals surface area contributed by atoms with Crippen molar-refractivity contribution in [2.24, 2.45) is 23.7 Å². The van der Waals surface area contributed by atoms with E-state index < -0.39 is 8.16 Å². The highest BCUT2D eigenvalue weighted by Gasteiger charge is 2.52. The van der Waals surface area contributed by atoms with Crippen LogP contribution in [0.25, 0.3) is 43.5 Å². The molecule has 0 aliphatic heterocycles. The second-order valence-corrected chi connectivity index (χ2v) is 14.4. The minimum atomic E-state index is -1.42. The predicted octanol–water partition coefficient (Wildman–Crippen LogP) is 11.1. The zero-order valence-corrected chi connectivity index (χ0v) is 24.9. The van der Waals surface area contributed by atoms with Gasteiger partial charge in [0.15, 0.2) is 0 Å². The van der Waals surface area contributed by atoms with Gasteiger partial charge in [-0.1, -0.05) is 91.0 Å². The lowest BCUT2D eigenvalue weighted by molar-refractivity contribution is -0.00303. The van der Waals surface area contributed by atoms with E-state index in [0.29, 0.717) is 6.04 Å². The van der Waals surface area contributed by atoms with Gasteiger partial charge in [0.1, 0.15) is 11.2 Å². The van der Waals surface area contributed by atoms with E-state index in [9.17, 15) is 0 Å². The Labute approximate surface area is 247 Å². The van der Waals surface area contributed by atoms with E-state index in [4.69, 9.17) is 8.39 Å². The lowest BCUT2D eigenvalue weighted by Gasteiger charge is -2.57. The highest BCUT2D eigenvalue weighted by molar-refractivity contribution is 7.39. The summed E-state index contributed by atoms with van der Waals surface area (Å²) in [4.78, 5) is 0. The largest absolute Gasteiger partial charge is 0.408 e. The summed E-state index contributed by atoms with van der Waals surface area (Å²) in [5, 5.41) is 7.18. The van der Waals surface area contributed by atoms with Crippen molar-refractivity contribution in [1.82, 2.24) is 0 Å². The monoisotopic (exact) mass is 569 g/mol. The van der Waals surface area contributed by atoms with Gasteiger partial charge >= 0.3 is 8.16 Å². The van der Waals surface area contributed by atoms with Crippen LogP contribution in [0.3, 0.4) is 0 Å². The second kappa shape index (κ2) is 9.76. The average molecular weight is 570 g/mol. The quantitative estimate of drug-likeness (QED) is 0.211. The third-order valence-electron chi connectivity index (χ3n) is 10.7. The van der Waals surface area contributed by atoms with Crippen molar-refractivity contribution in [1.29, 1.82) is 0 Å². The van der Waals surface area contributed by atoms with Crippen molar-refractivity contribution in [2.75, 3.05) is 4.67 Å². The van der Waals surface area contributed by atoms with Crippen molar-refractivity contribution in [2.45, 2.75) is 51.1 Å². The third kappa shape index (κ3) is 3.90. The first-order chi connectivity index (χ1) is 20.7. The molecule has 0 saturated heterocycles. The lowest BCUT2D eigenvalue weighted by Crippen LogP contribution is -2.56. The first kappa shape index (κ1) is 25.0. The maximum Gasteiger partial charge on any atom is 0.310 e. The van der Waals surface area contributed by atoms with Crippen LogP contribution in [0.15, 0.2) is 112 Å². The molecule has 4 heteroatoms. The van der Waals surface area contributed by atoms with Crippen molar-refractivity contribution in [3.05, 3.63) is 109 Å². The molecule has 4 saturated carbocycles. The summed E-state index contributed by atoms with van der Waals surface area (Å²) in [7, 11) is -1.42. The van der Waals surface area contributed by atoms with E-state index in [2.05, 4.69) is 115 Å². The number of hydrogen-bond acceptors (Lipinski definition) is 3. The summed E-state index contributed by atoms with van der Waals surface area (Å²) >= 11 is 0. The van der Waals surface area contributed by atoms with Crippen molar-refractivity contribution >= 4 is 51.6 Å². The van der Waals surface area contributed by atoms with Crippen molar-refractivity contribution in [3.8, 4) is 0 Å². The first-order valence-electron chi connectivity index (χ1n) is 15.7. The van der Waals surface area contributed by atoms with Crippen LogP contribution in [0, 0.1) is 23.7 Å². The lowest BCUT2D eigenvalue weighted by atomic mass is 9.54. The van der Waals surface area contributed by atoms with E-state index in [1.54, 1.807) is 0 Å². The van der Waals surface area contributed by atoms with E-state index in [1.807, 2.05) is 0 Å². The van der Waals surface area contributed by atoms with E-state index >= 15 is 0 Å². The fourth-order valence-electron chi connectivity index (χ4n) is 9.17. The molecule has 4 fully saturated rings. The summed E-state index contributed by atoms with van der Waals surface area (Å²) in [6.07, 6.45) is 6.90. The standard InChI is InChI=1S/C38H36NO2P/c1-24(27-9-3-2-4-10-27)39(38-30-20-25-19-26(22-30)23-31(38)21-25)42-40-34-17-15-28-11-5-7-13-32(28)36(34)37-33-14-8-6-12-29(33)16-18-35(37)41-42/h2-18,24-26,30-31,38H,19-23H2,1H3/t24-,25?,26?,30?,31?,38?/m1/s1. The maximum atomic E-state index is 7.23. The maximum absolute atomic E-state index is 7.23. The second-order valence-electron chi connectivity index (χ2n) is 13.1. The molecule has 5 aromatic carbocycles. The molecule has 6 aromatic rings. The minimum Gasteiger partial charge on any atom is -0.408 e. The molecule has 0 spiro atoms. The molecule has 0 N–H and O–H groups in total. The molecule has 0 amide bonds. The Hall–Kier alpha value is -3.52. The van der Waals surface area contributed by atoms with Gasteiger partial charge in [0, 0.05) is 22.9 Å². The van der Waals surface area contributed by atoms with Gasteiger partial charge in [0.25, 0.3) is 0 Å². The van der Waals surface area contributed by atoms with Gasteiger partial charge in [-0.15, -0.1) is 0 Å². The molecular weight excluding hydrogens is 533 g/mol. The van der Waals surface area contributed by atoms with Crippen LogP contribution in [0.4, 0.5) is 0 Å². The summed E-state index contributed by atoms with van der Waals surface area (Å²) in [6, 6.07) is 37.9. The number of benzene rings is 5. The van der Waals surface area contributed by atoms with Gasteiger partial charge in [-0.25, -0.2) is 0 Å². The Morgan fingerprint density at radius 2 is 1.10 bits per heavy atom. The fourth-order valence-corrected chi connectivity index (χ4v) is 11.1. The molecule has 4 aliphatic carbocycles. The molecule has 4 aliphatic rings. The minimum absolute atomic E-state index is 0.186. The Morgan fingerprint density at radius 1 is 0.595 bits per heavy atom. The van der Waals surface area contributed by atoms with Crippen molar-refractivity contribution in [3.63, 3.8) is 0 Å². The smallest absolute Gasteiger partial charge is 0.310 e. The van der Waals surface area contributed by atoms with Gasteiger partial charge < -0.3 is 8.39 Å². The van der Waals surface area contributed by atoms with Crippen molar-refractivity contribution < 1.29 is 8.39 Å². The van der Waals surface area contributed by atoms with Crippen LogP contribution in [-0.4, -0.2) is 6.04 Å². The molecule has 0 unspecified atom stereocenters. The molecule has 1 atom stereocenters. The molecule has 210 valence electrons. The van der Waals surface area contributed by atoms with Gasteiger partial charge in [0.05, 0.1) is 0 Å². The van der Waals surface area contributed by atoms with Gasteiger partial charge in [-0.3, -0.25) is 0 Å². The average Bonchev–Trinajstić information content (AvgIpc) is 3.20. The Kier molecular flexibility index (Phi) is 5.82. The predicted molar refractivity (Wildman–Crippen MR) is 175 cm³/mol. The summed E-state index contributed by atoms with van der Waals surface area (Å²) in [5.41, 5.74) is 3.20. The molecule has 4 bridgehead atoms. The van der Waals surface area contributed by atoms with Gasteiger partial charge in [-0.2, -0.15) is 4.67 Å². The number of nitrogens with zero attached hydrogens (tertiary/aromatic N) is 1. The summed E-state index contributed by atoms with van der Waals surface area (Å²) < 4.78 is 17.2. The summed E-state index contributed by atoms with van der Waals surface area (Å²) in [5.74, 6) is 3.27. The number of rotatable bonds is 4. The van der Waals surface area contributed by atoms with Crippen LogP contribution >= 0.6 is 8.16 Å². The number of fused-ring (bicyclic) bond motifs is 7. The Bertz CT molecular complexity index is 1870. The highest BCUT2D eigenvalue weighted by Crippen LogP contribution is 2.58. The molecule has 1 aromatic heterocycles. The van der Waals surface area contributed by atoms with Crippen LogP contribution < -0.4 is 4.67 Å². The Balaban J connectivity index is 1.36. The van der Waals surface area contributed by atoms with Crippen LogP contribution in [0.1, 0.15) is 50.6 Å². The van der Waals surface area contributed by atoms with Crippen LogP contribution in [-0.2, 0) is 0 Å². The molecule has 0 radical (unpaired) electrons. The molecule has 1 heterocycles. The SMILES string of the molecule is C[C@H](c1ccccc1)N(C1C2CC3CC(C2)CC1C3)p1oc2ccc3ccccc3c2c2c(ccc3ccccc32)o1. The zero-order valence-electron chi connectivity index (χ0n) is 24.0. The van der Waals surface area contributed by atoms with Gasteiger partial charge in [-0.05, 0) is 102 Å². The fraction of sp³-hybridized carbons (Fsp3) is 0.316. The van der Waals surface area contributed by atoms with E-state index in [0.717, 1.165) is 45.6 Å². The van der Waals surface area contributed by atoms with E-state index in [1.165, 1.54) is 59.2 Å². The molecule has 3 nitrogen and oxygen atoms in total. The normalized spacial score (nSPS) is 25.6. The Morgan fingerprint density at radius 3 is 1.64 bits per heavy atom. The first-order valence-corrected chi connectivity index (χ1v) is 16.9. The highest BCUT2D eigenvalue weighted by atomic mass is 31.1. The zero-order chi connectivity index (χ0) is 27.8. The topological polar surface area (TPSA) is 29.5 Å². The molecule has 10 rings (SSSR count). The molecular formula is C38H36NO2P. The van der Waals surface area contributed by atoms with Gasteiger partial charge in [0.2, 0.25) is 0 Å². The van der Waals surface area contributed by atoms with Crippen LogP contribution in [0.2, 0.25) is 0 Å².